The highest BCUT2D eigenvalue weighted by atomic mass is 127. The minimum Gasteiger partial charge on any atom is -0.491 e. The molecule has 1 heterocycles. The van der Waals surface area contributed by atoms with Gasteiger partial charge in [0.05, 0.1) is 18.3 Å². The van der Waals surface area contributed by atoms with Crippen molar-refractivity contribution in [3.8, 4) is 5.75 Å². The molecule has 0 saturated heterocycles. The van der Waals surface area contributed by atoms with Crippen LogP contribution in [-0.4, -0.2) is 24.1 Å². The molecule has 0 spiro atoms. The average molecular weight is 468 g/mol. The zero-order chi connectivity index (χ0) is 18.2. The number of guanidine groups is 1. The lowest BCUT2D eigenvalue weighted by Crippen LogP contribution is -2.36. The molecule has 0 aliphatic heterocycles. The predicted octanol–water partition coefficient (Wildman–Crippen LogP) is 3.97. The highest BCUT2D eigenvalue weighted by Crippen LogP contribution is 2.21. The molecule has 0 bridgehead atoms. The third-order valence-corrected chi connectivity index (χ3v) is 3.64. The molecule has 1 aromatic carbocycles. The fourth-order valence-corrected chi connectivity index (χ4v) is 2.44. The smallest absolute Gasteiger partial charge is 0.191 e. The van der Waals surface area contributed by atoms with Crippen LogP contribution in [0.2, 0.25) is 0 Å². The van der Waals surface area contributed by atoms with Gasteiger partial charge in [-0.15, -0.1) is 24.0 Å². The summed E-state index contributed by atoms with van der Waals surface area (Å²) in [5.41, 5.74) is 4.29. The van der Waals surface area contributed by atoms with Gasteiger partial charge in [0.25, 0.3) is 0 Å². The number of ether oxygens (including phenoxy) is 1. The first-order valence-corrected chi connectivity index (χ1v) is 8.61. The van der Waals surface area contributed by atoms with Crippen LogP contribution >= 0.6 is 24.0 Å². The SMILES string of the molecule is CN=C(NCc1cccc(C)n1)NCc1ccc(C)cc1OC(C)C.I. The zero-order valence-corrected chi connectivity index (χ0v) is 18.5. The summed E-state index contributed by atoms with van der Waals surface area (Å²) in [4.78, 5) is 8.76. The number of nitrogens with zero attached hydrogens (tertiary/aromatic N) is 2. The molecule has 142 valence electrons. The second-order valence-corrected chi connectivity index (χ2v) is 6.33. The monoisotopic (exact) mass is 468 g/mol. The number of pyridine rings is 1. The van der Waals surface area contributed by atoms with E-state index in [1.165, 1.54) is 5.56 Å². The Labute approximate surface area is 173 Å². The van der Waals surface area contributed by atoms with E-state index in [-0.39, 0.29) is 30.1 Å². The quantitative estimate of drug-likeness (QED) is 0.383. The van der Waals surface area contributed by atoms with E-state index in [1.807, 2.05) is 39.0 Å². The van der Waals surface area contributed by atoms with Gasteiger partial charge in [-0.05, 0) is 51.5 Å². The van der Waals surface area contributed by atoms with Crippen LogP contribution in [0, 0.1) is 13.8 Å². The molecule has 1 aromatic heterocycles. The summed E-state index contributed by atoms with van der Waals surface area (Å²) in [7, 11) is 1.76. The van der Waals surface area contributed by atoms with Crippen molar-refractivity contribution in [2.75, 3.05) is 7.05 Å². The van der Waals surface area contributed by atoms with Crippen LogP contribution in [0.1, 0.15) is 36.4 Å². The van der Waals surface area contributed by atoms with Gasteiger partial charge in [0.2, 0.25) is 0 Å². The molecule has 0 unspecified atom stereocenters. The number of rotatable bonds is 6. The van der Waals surface area contributed by atoms with Crippen molar-refractivity contribution in [1.82, 2.24) is 15.6 Å². The molecule has 0 aliphatic rings. The number of nitrogens with one attached hydrogen (secondary N) is 2. The molecule has 0 saturated carbocycles. The Kier molecular flexibility index (Phi) is 9.40. The first-order valence-electron chi connectivity index (χ1n) is 8.61. The Hall–Kier alpha value is -1.83. The minimum atomic E-state index is 0. The largest absolute Gasteiger partial charge is 0.491 e. The first-order chi connectivity index (χ1) is 12.0. The molecule has 0 amide bonds. The standard InChI is InChI=1S/C20H28N4O.HI/c1-14(2)25-19-11-15(3)9-10-17(19)12-22-20(21-5)23-13-18-8-6-7-16(4)24-18;/h6-11,14H,12-13H2,1-5H3,(H2,21,22,23);1H. The molecule has 2 N–H and O–H groups in total. The third kappa shape index (κ3) is 7.19. The number of aromatic nitrogens is 1. The minimum absolute atomic E-state index is 0. The number of aryl methyl sites for hydroxylation is 2. The van der Waals surface area contributed by atoms with E-state index >= 15 is 0 Å². The van der Waals surface area contributed by atoms with Gasteiger partial charge in [0, 0.05) is 24.8 Å². The summed E-state index contributed by atoms with van der Waals surface area (Å²) in [5, 5.41) is 6.63. The van der Waals surface area contributed by atoms with Gasteiger partial charge in [0.1, 0.15) is 5.75 Å². The summed E-state index contributed by atoms with van der Waals surface area (Å²) in [6.45, 7) is 9.40. The molecule has 6 heteroatoms. The van der Waals surface area contributed by atoms with Crippen molar-refractivity contribution < 1.29 is 4.74 Å². The summed E-state index contributed by atoms with van der Waals surface area (Å²) < 4.78 is 5.92. The third-order valence-electron chi connectivity index (χ3n) is 3.64. The Morgan fingerprint density at radius 3 is 2.50 bits per heavy atom. The van der Waals surface area contributed by atoms with Crippen molar-refractivity contribution in [2.24, 2.45) is 4.99 Å². The molecule has 26 heavy (non-hydrogen) atoms. The molecule has 0 fully saturated rings. The van der Waals surface area contributed by atoms with Crippen LogP contribution in [0.15, 0.2) is 41.4 Å². The van der Waals surface area contributed by atoms with Crippen LogP contribution in [0.25, 0.3) is 0 Å². The van der Waals surface area contributed by atoms with Crippen molar-refractivity contribution in [3.63, 3.8) is 0 Å². The van der Waals surface area contributed by atoms with E-state index in [4.69, 9.17) is 4.74 Å². The van der Waals surface area contributed by atoms with Crippen molar-refractivity contribution in [2.45, 2.75) is 46.9 Å². The van der Waals surface area contributed by atoms with E-state index in [0.717, 1.165) is 28.7 Å². The first kappa shape index (κ1) is 22.2. The van der Waals surface area contributed by atoms with Gasteiger partial charge in [-0.1, -0.05) is 18.2 Å². The molecular weight excluding hydrogens is 439 g/mol. The van der Waals surface area contributed by atoms with Crippen molar-refractivity contribution in [1.29, 1.82) is 0 Å². The van der Waals surface area contributed by atoms with E-state index in [1.54, 1.807) is 7.05 Å². The van der Waals surface area contributed by atoms with Crippen LogP contribution in [-0.2, 0) is 13.1 Å². The lowest BCUT2D eigenvalue weighted by molar-refractivity contribution is 0.239. The van der Waals surface area contributed by atoms with Gasteiger partial charge in [0.15, 0.2) is 5.96 Å². The number of benzene rings is 1. The van der Waals surface area contributed by atoms with Crippen molar-refractivity contribution in [3.05, 3.63) is 58.9 Å². The van der Waals surface area contributed by atoms with Gasteiger partial charge in [-0.25, -0.2) is 0 Å². The Bertz CT molecular complexity index is 732. The topological polar surface area (TPSA) is 58.5 Å². The lowest BCUT2D eigenvalue weighted by Gasteiger charge is -2.17. The summed E-state index contributed by atoms with van der Waals surface area (Å²) in [6, 6.07) is 12.3. The summed E-state index contributed by atoms with van der Waals surface area (Å²) in [6.07, 6.45) is 0.144. The predicted molar refractivity (Wildman–Crippen MR) is 118 cm³/mol. The Balaban J connectivity index is 0.00000338. The van der Waals surface area contributed by atoms with Crippen LogP contribution in [0.4, 0.5) is 0 Å². The van der Waals surface area contributed by atoms with E-state index in [9.17, 15) is 0 Å². The second-order valence-electron chi connectivity index (χ2n) is 6.33. The number of hydrogen-bond donors (Lipinski definition) is 2. The molecule has 0 atom stereocenters. The Morgan fingerprint density at radius 1 is 1.12 bits per heavy atom. The van der Waals surface area contributed by atoms with E-state index < -0.39 is 0 Å². The molecule has 0 radical (unpaired) electrons. The van der Waals surface area contributed by atoms with E-state index in [0.29, 0.717) is 13.1 Å². The van der Waals surface area contributed by atoms with Gasteiger partial charge < -0.3 is 15.4 Å². The van der Waals surface area contributed by atoms with Gasteiger partial charge in [-0.2, -0.15) is 0 Å². The lowest BCUT2D eigenvalue weighted by atomic mass is 10.1. The fraction of sp³-hybridized carbons (Fsp3) is 0.400. The highest BCUT2D eigenvalue weighted by Gasteiger charge is 2.07. The molecular formula is C20H29IN4O. The zero-order valence-electron chi connectivity index (χ0n) is 16.2. The maximum Gasteiger partial charge on any atom is 0.191 e. The van der Waals surface area contributed by atoms with Gasteiger partial charge in [-0.3, -0.25) is 9.98 Å². The molecule has 0 aliphatic carbocycles. The second kappa shape index (κ2) is 11.0. The van der Waals surface area contributed by atoms with Gasteiger partial charge >= 0.3 is 0 Å². The molecule has 2 aromatic rings. The summed E-state index contributed by atoms with van der Waals surface area (Å²) >= 11 is 0. The summed E-state index contributed by atoms with van der Waals surface area (Å²) in [5.74, 6) is 1.65. The fourth-order valence-electron chi connectivity index (χ4n) is 2.44. The molecule has 5 nitrogen and oxygen atoms in total. The van der Waals surface area contributed by atoms with Crippen molar-refractivity contribution >= 4 is 29.9 Å². The highest BCUT2D eigenvalue weighted by molar-refractivity contribution is 14.0. The van der Waals surface area contributed by atoms with E-state index in [2.05, 4.69) is 45.7 Å². The number of halogens is 1. The number of aliphatic imine (C=N–C) groups is 1. The van der Waals surface area contributed by atoms with Crippen LogP contribution in [0.5, 0.6) is 5.75 Å². The number of hydrogen-bond acceptors (Lipinski definition) is 3. The Morgan fingerprint density at radius 2 is 1.85 bits per heavy atom. The van der Waals surface area contributed by atoms with Crippen LogP contribution < -0.4 is 15.4 Å². The maximum atomic E-state index is 5.92. The normalized spacial score (nSPS) is 11.1. The molecule has 2 rings (SSSR count). The average Bonchev–Trinajstić information content (AvgIpc) is 2.56. The maximum absolute atomic E-state index is 5.92. The van der Waals surface area contributed by atoms with Crippen LogP contribution in [0.3, 0.4) is 0 Å².